The third-order valence-electron chi connectivity index (χ3n) is 4.29. The summed E-state index contributed by atoms with van der Waals surface area (Å²) in [5, 5.41) is 6.54. The van der Waals surface area contributed by atoms with Crippen LogP contribution in [0.4, 0.5) is 0 Å². The first-order valence-electron chi connectivity index (χ1n) is 7.05. The molecule has 1 aliphatic rings. The van der Waals surface area contributed by atoms with Crippen molar-refractivity contribution >= 4 is 22.5 Å². The number of aryl methyl sites for hydroxylation is 1. The molecule has 2 aromatic rings. The molecule has 0 bridgehead atoms. The summed E-state index contributed by atoms with van der Waals surface area (Å²) in [5.41, 5.74) is 2.18. The van der Waals surface area contributed by atoms with Gasteiger partial charge >= 0.3 is 0 Å². The van der Waals surface area contributed by atoms with Crippen molar-refractivity contribution < 1.29 is 0 Å². The Bertz CT molecular complexity index is 622. The van der Waals surface area contributed by atoms with Gasteiger partial charge in [0.1, 0.15) is 0 Å². The molecule has 108 valence electrons. The molecule has 0 unspecified atom stereocenters. The van der Waals surface area contributed by atoms with Crippen molar-refractivity contribution in [1.29, 1.82) is 0 Å². The maximum atomic E-state index is 6.36. The number of nitrogens with zero attached hydrogens (tertiary/aromatic N) is 4. The van der Waals surface area contributed by atoms with Crippen LogP contribution < -0.4 is 0 Å². The summed E-state index contributed by atoms with van der Waals surface area (Å²) in [6.45, 7) is 3.16. The summed E-state index contributed by atoms with van der Waals surface area (Å²) in [6, 6.07) is 6.60. The molecule has 1 fully saturated rings. The second-order valence-electron chi connectivity index (χ2n) is 5.82. The molecule has 0 saturated carbocycles. The second kappa shape index (κ2) is 5.35. The predicted octanol–water partition coefficient (Wildman–Crippen LogP) is 2.36. The van der Waals surface area contributed by atoms with E-state index in [0.29, 0.717) is 6.04 Å². The van der Waals surface area contributed by atoms with Gasteiger partial charge in [-0.05, 0) is 39.2 Å². The first kappa shape index (κ1) is 13.9. The van der Waals surface area contributed by atoms with E-state index in [9.17, 15) is 0 Å². The average molecular weight is 293 g/mol. The quantitative estimate of drug-likeness (QED) is 0.868. The molecule has 1 saturated heterocycles. The summed E-state index contributed by atoms with van der Waals surface area (Å²) in [5.74, 6) is 0. The van der Waals surface area contributed by atoms with E-state index in [2.05, 4.69) is 35.1 Å². The molecule has 5 heteroatoms. The number of hydrogen-bond acceptors (Lipinski definition) is 3. The Kier molecular flexibility index (Phi) is 3.71. The number of halogens is 1. The third-order valence-corrected chi connectivity index (χ3v) is 4.60. The van der Waals surface area contributed by atoms with E-state index in [4.69, 9.17) is 11.6 Å². The highest BCUT2D eigenvalue weighted by molar-refractivity contribution is 6.35. The zero-order valence-corrected chi connectivity index (χ0v) is 13.1. The molecule has 20 heavy (non-hydrogen) atoms. The molecule has 0 N–H and O–H groups in total. The van der Waals surface area contributed by atoms with E-state index in [1.807, 2.05) is 23.9 Å². The van der Waals surface area contributed by atoms with E-state index < -0.39 is 0 Å². The van der Waals surface area contributed by atoms with E-state index in [1.54, 1.807) is 0 Å². The van der Waals surface area contributed by atoms with Crippen molar-refractivity contribution in [2.24, 2.45) is 7.05 Å². The van der Waals surface area contributed by atoms with Crippen LogP contribution in [0.2, 0.25) is 5.02 Å². The van der Waals surface area contributed by atoms with Crippen molar-refractivity contribution in [3.8, 4) is 0 Å². The minimum atomic E-state index is 0.611. The zero-order chi connectivity index (χ0) is 14.3. The van der Waals surface area contributed by atoms with E-state index in [1.165, 1.54) is 13.0 Å². The largest absolute Gasteiger partial charge is 0.305 e. The monoisotopic (exact) mass is 292 g/mol. The molecule has 2 heterocycles. The van der Waals surface area contributed by atoms with E-state index >= 15 is 0 Å². The number of benzene rings is 1. The van der Waals surface area contributed by atoms with E-state index in [0.717, 1.165) is 34.7 Å². The molecule has 0 amide bonds. The molecule has 1 atom stereocenters. The normalized spacial score (nSPS) is 20.4. The predicted molar refractivity (Wildman–Crippen MR) is 83.1 cm³/mol. The zero-order valence-electron chi connectivity index (χ0n) is 12.3. The van der Waals surface area contributed by atoms with E-state index in [-0.39, 0.29) is 0 Å². The number of rotatable bonds is 3. The van der Waals surface area contributed by atoms with Crippen LogP contribution in [-0.4, -0.2) is 52.8 Å². The Morgan fingerprint density at radius 3 is 2.90 bits per heavy atom. The lowest BCUT2D eigenvalue weighted by molar-refractivity contribution is 0.232. The van der Waals surface area contributed by atoms with Gasteiger partial charge in [0.15, 0.2) is 0 Å². The Morgan fingerprint density at radius 2 is 2.20 bits per heavy atom. The van der Waals surface area contributed by atoms with Crippen LogP contribution in [0.5, 0.6) is 0 Å². The van der Waals surface area contributed by atoms with Crippen molar-refractivity contribution in [1.82, 2.24) is 19.6 Å². The van der Waals surface area contributed by atoms with Gasteiger partial charge in [-0.3, -0.25) is 9.58 Å². The Morgan fingerprint density at radius 1 is 1.40 bits per heavy atom. The lowest BCUT2D eigenvalue weighted by atomic mass is 10.1. The fourth-order valence-electron chi connectivity index (χ4n) is 3.10. The fourth-order valence-corrected chi connectivity index (χ4v) is 3.38. The van der Waals surface area contributed by atoms with Gasteiger partial charge in [0, 0.05) is 31.6 Å². The van der Waals surface area contributed by atoms with Gasteiger partial charge in [0.25, 0.3) is 0 Å². The Hall–Kier alpha value is -1.10. The molecule has 1 aromatic heterocycles. The number of likely N-dealkylation sites (N-methyl/N-ethyl adjacent to an activating group) is 2. The number of fused-ring (bicyclic) bond motifs is 1. The highest BCUT2D eigenvalue weighted by Gasteiger charge is 2.24. The molecular weight excluding hydrogens is 272 g/mol. The first-order valence-corrected chi connectivity index (χ1v) is 7.43. The summed E-state index contributed by atoms with van der Waals surface area (Å²) in [4.78, 5) is 4.78. The number of aromatic nitrogens is 2. The maximum Gasteiger partial charge on any atom is 0.0858 e. The van der Waals surface area contributed by atoms with Crippen molar-refractivity contribution in [2.45, 2.75) is 19.0 Å². The summed E-state index contributed by atoms with van der Waals surface area (Å²) in [6.07, 6.45) is 1.23. The average Bonchev–Trinajstić information content (AvgIpc) is 2.96. The molecule has 0 spiro atoms. The van der Waals surface area contributed by atoms with Crippen LogP contribution in [0.3, 0.4) is 0 Å². The molecule has 0 aliphatic carbocycles. The molecule has 1 aromatic carbocycles. The van der Waals surface area contributed by atoms with Gasteiger partial charge in [-0.2, -0.15) is 5.10 Å². The summed E-state index contributed by atoms with van der Waals surface area (Å²) in [7, 11) is 6.34. The van der Waals surface area contributed by atoms with Crippen LogP contribution in [0.15, 0.2) is 18.2 Å². The SMILES string of the molecule is CN1CC[C@H](N(C)Cc2nn(C)c3cccc(Cl)c23)C1. The lowest BCUT2D eigenvalue weighted by Gasteiger charge is -2.23. The molecule has 0 radical (unpaired) electrons. The Labute approximate surface area is 124 Å². The summed E-state index contributed by atoms with van der Waals surface area (Å²) < 4.78 is 1.92. The highest BCUT2D eigenvalue weighted by Crippen LogP contribution is 2.27. The second-order valence-corrected chi connectivity index (χ2v) is 6.23. The van der Waals surface area contributed by atoms with Crippen molar-refractivity contribution in [2.75, 3.05) is 27.2 Å². The van der Waals surface area contributed by atoms with Gasteiger partial charge in [0.2, 0.25) is 0 Å². The Balaban J connectivity index is 1.87. The lowest BCUT2D eigenvalue weighted by Crippen LogP contribution is -2.33. The van der Waals surface area contributed by atoms with Crippen LogP contribution in [0.1, 0.15) is 12.1 Å². The van der Waals surface area contributed by atoms with Crippen LogP contribution >= 0.6 is 11.6 Å². The first-order chi connectivity index (χ1) is 9.56. The number of hydrogen-bond donors (Lipinski definition) is 0. The van der Waals surface area contributed by atoms with Gasteiger partial charge in [-0.1, -0.05) is 17.7 Å². The smallest absolute Gasteiger partial charge is 0.0858 e. The van der Waals surface area contributed by atoms with Gasteiger partial charge in [0.05, 0.1) is 16.2 Å². The van der Waals surface area contributed by atoms with Crippen LogP contribution in [-0.2, 0) is 13.6 Å². The third kappa shape index (κ3) is 2.43. The van der Waals surface area contributed by atoms with Gasteiger partial charge in [-0.15, -0.1) is 0 Å². The fraction of sp³-hybridized carbons (Fsp3) is 0.533. The standard InChI is InChI=1S/C15H21ClN4/c1-18-8-7-11(9-18)19(2)10-13-15-12(16)5-4-6-14(15)20(3)17-13/h4-6,11H,7-10H2,1-3H3/t11-/m0/s1. The molecular formula is C15H21ClN4. The summed E-state index contributed by atoms with van der Waals surface area (Å²) >= 11 is 6.36. The van der Waals surface area contributed by atoms with Crippen molar-refractivity contribution in [3.63, 3.8) is 0 Å². The van der Waals surface area contributed by atoms with Gasteiger partial charge < -0.3 is 4.90 Å². The molecule has 1 aliphatic heterocycles. The minimum absolute atomic E-state index is 0.611. The maximum absolute atomic E-state index is 6.36. The molecule has 3 rings (SSSR count). The van der Waals surface area contributed by atoms with Gasteiger partial charge in [-0.25, -0.2) is 0 Å². The topological polar surface area (TPSA) is 24.3 Å². The molecule has 4 nitrogen and oxygen atoms in total. The number of likely N-dealkylation sites (tertiary alicyclic amines) is 1. The van der Waals surface area contributed by atoms with Crippen LogP contribution in [0.25, 0.3) is 10.9 Å². The minimum Gasteiger partial charge on any atom is -0.305 e. The van der Waals surface area contributed by atoms with Crippen LogP contribution in [0, 0.1) is 0 Å². The van der Waals surface area contributed by atoms with Crippen molar-refractivity contribution in [3.05, 3.63) is 28.9 Å². The highest BCUT2D eigenvalue weighted by atomic mass is 35.5.